The van der Waals surface area contributed by atoms with Gasteiger partial charge in [0, 0.05) is 24.5 Å². The van der Waals surface area contributed by atoms with Gasteiger partial charge in [0.1, 0.15) is 10.3 Å². The van der Waals surface area contributed by atoms with E-state index < -0.39 is 16.1 Å². The summed E-state index contributed by atoms with van der Waals surface area (Å²) in [4.78, 5) is 13.1. The van der Waals surface area contributed by atoms with Gasteiger partial charge in [0.2, 0.25) is 5.91 Å². The van der Waals surface area contributed by atoms with Crippen LogP contribution in [0.1, 0.15) is 17.7 Å². The number of amides is 1. The van der Waals surface area contributed by atoms with Gasteiger partial charge < -0.3 is 10.6 Å². The number of aryl methyl sites for hydroxylation is 1. The molecular formula is C13H22ClN3O3S2. The van der Waals surface area contributed by atoms with Crippen LogP contribution in [0.5, 0.6) is 0 Å². The summed E-state index contributed by atoms with van der Waals surface area (Å²) < 4.78 is 26.9. The van der Waals surface area contributed by atoms with Crippen LogP contribution in [0.4, 0.5) is 0 Å². The van der Waals surface area contributed by atoms with Crippen molar-refractivity contribution in [3.05, 3.63) is 17.0 Å². The van der Waals surface area contributed by atoms with Crippen LogP contribution in [0.2, 0.25) is 0 Å². The zero-order valence-electron chi connectivity index (χ0n) is 12.7. The second-order valence-corrected chi connectivity index (χ2v) is 8.44. The molecule has 1 atom stereocenters. The number of likely N-dealkylation sites (N-methyl/N-ethyl adjacent to an activating group) is 1. The van der Waals surface area contributed by atoms with E-state index in [-0.39, 0.29) is 18.3 Å². The number of hydrogen-bond donors (Lipinski definition) is 2. The molecule has 1 aromatic heterocycles. The Morgan fingerprint density at radius 3 is 2.73 bits per heavy atom. The Bertz CT molecular complexity index is 603. The zero-order chi connectivity index (χ0) is 15.5. The summed E-state index contributed by atoms with van der Waals surface area (Å²) in [6, 6.07) is 2.81. The number of nitrogens with one attached hydrogen (secondary N) is 2. The molecule has 9 heteroatoms. The zero-order valence-corrected chi connectivity index (χ0v) is 15.1. The van der Waals surface area contributed by atoms with E-state index in [1.165, 1.54) is 15.6 Å². The molecule has 0 bridgehead atoms. The third-order valence-corrected chi connectivity index (χ3v) is 6.84. The van der Waals surface area contributed by atoms with Crippen LogP contribution in [-0.2, 0) is 14.8 Å². The Morgan fingerprint density at radius 2 is 2.14 bits per heavy atom. The van der Waals surface area contributed by atoms with Crippen molar-refractivity contribution in [2.45, 2.75) is 30.0 Å². The van der Waals surface area contributed by atoms with Crippen molar-refractivity contribution in [3.63, 3.8) is 0 Å². The van der Waals surface area contributed by atoms with Crippen molar-refractivity contribution in [2.75, 3.05) is 26.7 Å². The van der Waals surface area contributed by atoms with Crippen molar-refractivity contribution in [2.24, 2.45) is 0 Å². The van der Waals surface area contributed by atoms with Crippen LogP contribution >= 0.6 is 23.7 Å². The number of halogens is 1. The molecule has 2 heterocycles. The first-order chi connectivity index (χ1) is 9.96. The predicted molar refractivity (Wildman–Crippen MR) is 90.2 cm³/mol. The smallest absolute Gasteiger partial charge is 0.253 e. The van der Waals surface area contributed by atoms with E-state index >= 15 is 0 Å². The molecule has 1 aromatic rings. The monoisotopic (exact) mass is 367 g/mol. The lowest BCUT2D eigenvalue weighted by atomic mass is 10.2. The number of nitrogens with zero attached hydrogens (tertiary/aromatic N) is 1. The molecule has 1 amide bonds. The highest BCUT2D eigenvalue weighted by molar-refractivity contribution is 7.91. The number of carbonyl (C=O) groups is 1. The van der Waals surface area contributed by atoms with Crippen LogP contribution < -0.4 is 10.6 Å². The molecule has 126 valence electrons. The fraction of sp³-hybridized carbons (Fsp3) is 0.615. The molecule has 2 N–H and O–H groups in total. The molecule has 6 nitrogen and oxygen atoms in total. The Morgan fingerprint density at radius 1 is 1.41 bits per heavy atom. The van der Waals surface area contributed by atoms with Crippen molar-refractivity contribution in [3.8, 4) is 0 Å². The average molecular weight is 368 g/mol. The number of hydrogen-bond acceptors (Lipinski definition) is 5. The minimum atomic E-state index is -3.57. The highest BCUT2D eigenvalue weighted by Gasteiger charge is 2.39. The maximum atomic E-state index is 12.6. The van der Waals surface area contributed by atoms with Crippen molar-refractivity contribution >= 4 is 39.7 Å². The van der Waals surface area contributed by atoms with E-state index in [0.717, 1.165) is 4.88 Å². The molecular weight excluding hydrogens is 346 g/mol. The van der Waals surface area contributed by atoms with E-state index in [2.05, 4.69) is 10.6 Å². The third-order valence-electron chi connectivity index (χ3n) is 3.46. The van der Waals surface area contributed by atoms with Gasteiger partial charge in [-0.05, 0) is 38.9 Å². The van der Waals surface area contributed by atoms with Gasteiger partial charge in [0.15, 0.2) is 0 Å². The minimum absolute atomic E-state index is 0. The maximum Gasteiger partial charge on any atom is 0.253 e. The topological polar surface area (TPSA) is 78.5 Å². The van der Waals surface area contributed by atoms with E-state index in [1.54, 1.807) is 19.2 Å². The van der Waals surface area contributed by atoms with Crippen molar-refractivity contribution in [1.29, 1.82) is 0 Å². The summed E-state index contributed by atoms with van der Waals surface area (Å²) >= 11 is 1.25. The Hall–Kier alpha value is -0.670. The summed E-state index contributed by atoms with van der Waals surface area (Å²) in [6.07, 6.45) is 1.29. The molecule has 1 saturated heterocycles. The molecule has 1 aliphatic rings. The first-order valence-electron chi connectivity index (χ1n) is 6.97. The summed E-state index contributed by atoms with van der Waals surface area (Å²) in [5, 5.41) is 5.72. The van der Waals surface area contributed by atoms with Gasteiger partial charge in [-0.2, -0.15) is 4.31 Å². The molecule has 0 saturated carbocycles. The van der Waals surface area contributed by atoms with Gasteiger partial charge in [-0.25, -0.2) is 8.42 Å². The van der Waals surface area contributed by atoms with E-state index in [1.807, 2.05) is 6.92 Å². The second-order valence-electron chi connectivity index (χ2n) is 5.03. The number of rotatable bonds is 6. The van der Waals surface area contributed by atoms with Crippen LogP contribution in [0.15, 0.2) is 16.3 Å². The van der Waals surface area contributed by atoms with Crippen LogP contribution in [0.3, 0.4) is 0 Å². The fourth-order valence-electron chi connectivity index (χ4n) is 2.38. The number of sulfonamides is 1. The SMILES string of the molecule is CNCCNC(=O)C1CCCN1S(=O)(=O)c1ccc(C)s1.Cl. The van der Waals surface area contributed by atoms with E-state index in [4.69, 9.17) is 0 Å². The normalized spacial score (nSPS) is 18.9. The first kappa shape index (κ1) is 19.4. The summed E-state index contributed by atoms with van der Waals surface area (Å²) in [5.41, 5.74) is 0. The summed E-state index contributed by atoms with van der Waals surface area (Å²) in [5.74, 6) is -0.209. The van der Waals surface area contributed by atoms with Crippen LogP contribution in [0, 0.1) is 6.92 Å². The van der Waals surface area contributed by atoms with E-state index in [0.29, 0.717) is 36.7 Å². The molecule has 0 spiro atoms. The Kier molecular flexibility index (Phi) is 7.27. The van der Waals surface area contributed by atoms with Gasteiger partial charge in [0.25, 0.3) is 10.0 Å². The Balaban J connectivity index is 0.00000242. The van der Waals surface area contributed by atoms with Gasteiger partial charge >= 0.3 is 0 Å². The van der Waals surface area contributed by atoms with Gasteiger partial charge in [-0.15, -0.1) is 23.7 Å². The van der Waals surface area contributed by atoms with Gasteiger partial charge in [0.05, 0.1) is 0 Å². The van der Waals surface area contributed by atoms with Gasteiger partial charge in [-0.3, -0.25) is 4.79 Å². The molecule has 0 aromatic carbocycles. The molecule has 2 rings (SSSR count). The lowest BCUT2D eigenvalue weighted by Gasteiger charge is -2.22. The molecule has 0 radical (unpaired) electrons. The fourth-order valence-corrected chi connectivity index (χ4v) is 5.45. The second kappa shape index (κ2) is 8.26. The number of thiophene rings is 1. The lowest BCUT2D eigenvalue weighted by Crippen LogP contribution is -2.46. The van der Waals surface area contributed by atoms with Crippen molar-refractivity contribution < 1.29 is 13.2 Å². The first-order valence-corrected chi connectivity index (χ1v) is 9.23. The lowest BCUT2D eigenvalue weighted by molar-refractivity contribution is -0.124. The van der Waals surface area contributed by atoms with Crippen molar-refractivity contribution in [1.82, 2.24) is 14.9 Å². The highest BCUT2D eigenvalue weighted by Crippen LogP contribution is 2.30. The third kappa shape index (κ3) is 4.20. The largest absolute Gasteiger partial charge is 0.353 e. The molecule has 1 fully saturated rings. The summed E-state index contributed by atoms with van der Waals surface area (Å²) in [7, 11) is -1.76. The number of carbonyl (C=O) groups excluding carboxylic acids is 1. The van der Waals surface area contributed by atoms with Gasteiger partial charge in [-0.1, -0.05) is 0 Å². The molecule has 1 aliphatic heterocycles. The maximum absolute atomic E-state index is 12.6. The summed E-state index contributed by atoms with van der Waals surface area (Å²) in [6.45, 7) is 3.44. The molecule has 1 unspecified atom stereocenters. The molecule has 22 heavy (non-hydrogen) atoms. The standard InChI is InChI=1S/C13H21N3O3S2.ClH/c1-10-5-6-12(20-10)21(18,19)16-9-3-4-11(16)13(17)15-8-7-14-2;/h5-6,11,14H,3-4,7-9H2,1-2H3,(H,15,17);1H. The molecule has 0 aliphatic carbocycles. The minimum Gasteiger partial charge on any atom is -0.353 e. The quantitative estimate of drug-likeness (QED) is 0.734. The average Bonchev–Trinajstić information content (AvgIpc) is 3.07. The predicted octanol–water partition coefficient (Wildman–Crippen LogP) is 0.967. The van der Waals surface area contributed by atoms with E-state index in [9.17, 15) is 13.2 Å². The van der Waals surface area contributed by atoms with Crippen LogP contribution in [0.25, 0.3) is 0 Å². The Labute approximate surface area is 141 Å². The van der Waals surface area contributed by atoms with Crippen LogP contribution in [-0.4, -0.2) is 51.4 Å². The highest BCUT2D eigenvalue weighted by atomic mass is 35.5.